The van der Waals surface area contributed by atoms with Crippen LogP contribution in [-0.4, -0.2) is 25.0 Å². The molecule has 1 rings (SSSR count). The van der Waals surface area contributed by atoms with Gasteiger partial charge < -0.3 is 15.4 Å². The van der Waals surface area contributed by atoms with E-state index in [1.807, 2.05) is 6.92 Å². The van der Waals surface area contributed by atoms with Gasteiger partial charge in [-0.05, 0) is 32.0 Å². The highest BCUT2D eigenvalue weighted by Gasteiger charge is 2.09. The first-order chi connectivity index (χ1) is 10.1. The van der Waals surface area contributed by atoms with Gasteiger partial charge in [-0.1, -0.05) is 6.07 Å². The lowest BCUT2D eigenvalue weighted by atomic mass is 10.2. The number of hydrogen-bond acceptors (Lipinski definition) is 5. The van der Waals surface area contributed by atoms with Crippen LogP contribution >= 0.6 is 0 Å². The average Bonchev–Trinajstić information content (AvgIpc) is 2.49. The molecule has 0 aliphatic carbocycles. The Kier molecular flexibility index (Phi) is 6.48. The van der Waals surface area contributed by atoms with Crippen LogP contribution in [0.4, 0.5) is 5.69 Å². The lowest BCUT2D eigenvalue weighted by Crippen LogP contribution is -2.22. The van der Waals surface area contributed by atoms with E-state index in [0.717, 1.165) is 0 Å². The minimum absolute atomic E-state index is 0.139. The van der Waals surface area contributed by atoms with E-state index in [1.54, 1.807) is 37.3 Å². The number of esters is 1. The summed E-state index contributed by atoms with van der Waals surface area (Å²) in [6.07, 6.45) is 1.26. The van der Waals surface area contributed by atoms with Crippen molar-refractivity contribution in [3.63, 3.8) is 0 Å². The van der Waals surface area contributed by atoms with Gasteiger partial charge in [-0.25, -0.2) is 4.79 Å². The minimum atomic E-state index is -0.688. The summed E-state index contributed by atoms with van der Waals surface area (Å²) >= 11 is 0. The molecule has 0 saturated carbocycles. The van der Waals surface area contributed by atoms with Crippen molar-refractivity contribution in [2.24, 2.45) is 0 Å². The van der Waals surface area contributed by atoms with Gasteiger partial charge in [-0.15, -0.1) is 0 Å². The zero-order valence-corrected chi connectivity index (χ0v) is 12.0. The number of nitrogens with zero attached hydrogens (tertiary/aromatic N) is 1. The Balaban J connectivity index is 2.83. The topological polar surface area (TPSA) is 91.2 Å². The van der Waals surface area contributed by atoms with Crippen molar-refractivity contribution in [1.29, 1.82) is 5.26 Å². The third-order valence-corrected chi connectivity index (χ3v) is 2.46. The average molecular weight is 287 g/mol. The molecule has 0 radical (unpaired) electrons. The van der Waals surface area contributed by atoms with Gasteiger partial charge in [-0.3, -0.25) is 4.79 Å². The molecule has 0 bridgehead atoms. The first-order valence-corrected chi connectivity index (χ1v) is 6.54. The van der Waals surface area contributed by atoms with Gasteiger partial charge in [0.2, 0.25) is 0 Å². The molecule has 21 heavy (non-hydrogen) atoms. The Bertz CT molecular complexity index is 588. The van der Waals surface area contributed by atoms with Crippen LogP contribution in [0, 0.1) is 11.3 Å². The second kappa shape index (κ2) is 8.38. The predicted octanol–water partition coefficient (Wildman–Crippen LogP) is 1.82. The van der Waals surface area contributed by atoms with Crippen LogP contribution in [-0.2, 0) is 9.53 Å². The number of ether oxygens (including phenoxy) is 1. The highest BCUT2D eigenvalue weighted by atomic mass is 16.5. The molecular weight excluding hydrogens is 270 g/mol. The summed E-state index contributed by atoms with van der Waals surface area (Å²) in [5.41, 5.74) is 0.945. The van der Waals surface area contributed by atoms with Gasteiger partial charge >= 0.3 is 5.97 Å². The first kappa shape index (κ1) is 16.2. The maximum Gasteiger partial charge on any atom is 0.350 e. The van der Waals surface area contributed by atoms with Crippen LogP contribution in [0.15, 0.2) is 36.0 Å². The second-order valence-corrected chi connectivity index (χ2v) is 3.97. The number of benzene rings is 1. The molecule has 0 saturated heterocycles. The molecule has 1 aromatic rings. The number of rotatable bonds is 6. The van der Waals surface area contributed by atoms with Crippen LogP contribution in [0.2, 0.25) is 0 Å². The van der Waals surface area contributed by atoms with E-state index in [1.165, 1.54) is 6.20 Å². The van der Waals surface area contributed by atoms with Crippen molar-refractivity contribution < 1.29 is 14.3 Å². The predicted molar refractivity (Wildman–Crippen MR) is 78.4 cm³/mol. The third-order valence-electron chi connectivity index (χ3n) is 2.46. The van der Waals surface area contributed by atoms with Gasteiger partial charge in [0.25, 0.3) is 5.91 Å². The molecular formula is C15H17N3O3. The first-order valence-electron chi connectivity index (χ1n) is 6.54. The number of amides is 1. The van der Waals surface area contributed by atoms with E-state index in [2.05, 4.69) is 10.6 Å². The van der Waals surface area contributed by atoms with Gasteiger partial charge in [0, 0.05) is 24.0 Å². The Morgan fingerprint density at radius 3 is 2.76 bits per heavy atom. The van der Waals surface area contributed by atoms with E-state index in [9.17, 15) is 9.59 Å². The molecule has 1 amide bonds. The summed E-state index contributed by atoms with van der Waals surface area (Å²) in [5, 5.41) is 14.4. The second-order valence-electron chi connectivity index (χ2n) is 3.97. The highest BCUT2D eigenvalue weighted by Crippen LogP contribution is 2.11. The lowest BCUT2D eigenvalue weighted by Gasteiger charge is -2.06. The maximum atomic E-state index is 11.7. The van der Waals surface area contributed by atoms with E-state index in [-0.39, 0.29) is 18.1 Å². The molecule has 0 aliphatic rings. The Morgan fingerprint density at radius 1 is 1.38 bits per heavy atom. The normalized spacial score (nSPS) is 10.4. The molecule has 1 aromatic carbocycles. The Labute approximate surface area is 123 Å². The van der Waals surface area contributed by atoms with Crippen LogP contribution in [0.1, 0.15) is 24.2 Å². The van der Waals surface area contributed by atoms with Crippen LogP contribution in [0.3, 0.4) is 0 Å². The molecule has 0 fully saturated rings. The number of hydrogen-bond donors (Lipinski definition) is 2. The van der Waals surface area contributed by atoms with Crippen LogP contribution in [0.5, 0.6) is 0 Å². The highest BCUT2D eigenvalue weighted by molar-refractivity contribution is 5.95. The number of carbonyl (C=O) groups is 2. The van der Waals surface area contributed by atoms with E-state index >= 15 is 0 Å². The molecule has 6 heteroatoms. The number of carbonyl (C=O) groups excluding carboxylic acids is 2. The zero-order chi connectivity index (χ0) is 15.7. The summed E-state index contributed by atoms with van der Waals surface area (Å²) in [6.45, 7) is 4.24. The summed E-state index contributed by atoms with van der Waals surface area (Å²) in [4.78, 5) is 23.1. The van der Waals surface area contributed by atoms with Gasteiger partial charge in [0.1, 0.15) is 6.07 Å². The van der Waals surface area contributed by atoms with Crippen molar-refractivity contribution >= 4 is 17.6 Å². The number of nitriles is 1. The van der Waals surface area contributed by atoms with Gasteiger partial charge in [0.15, 0.2) is 5.57 Å². The monoisotopic (exact) mass is 287 g/mol. The fourth-order valence-electron chi connectivity index (χ4n) is 1.51. The van der Waals surface area contributed by atoms with Crippen molar-refractivity contribution in [2.45, 2.75) is 13.8 Å². The zero-order valence-electron chi connectivity index (χ0n) is 12.0. The van der Waals surface area contributed by atoms with Crippen molar-refractivity contribution in [3.8, 4) is 6.07 Å². The van der Waals surface area contributed by atoms with Crippen molar-refractivity contribution in [2.75, 3.05) is 18.5 Å². The third kappa shape index (κ3) is 4.99. The lowest BCUT2D eigenvalue weighted by molar-refractivity contribution is -0.138. The number of anilines is 1. The quantitative estimate of drug-likeness (QED) is 0.473. The smallest absolute Gasteiger partial charge is 0.350 e. The van der Waals surface area contributed by atoms with Crippen molar-refractivity contribution in [3.05, 3.63) is 41.6 Å². The molecule has 6 nitrogen and oxygen atoms in total. The van der Waals surface area contributed by atoms with Gasteiger partial charge in [0.05, 0.1) is 6.61 Å². The molecule has 0 aliphatic heterocycles. The van der Waals surface area contributed by atoms with Crippen LogP contribution < -0.4 is 10.6 Å². The maximum absolute atomic E-state index is 11.7. The molecule has 110 valence electrons. The van der Waals surface area contributed by atoms with E-state index < -0.39 is 5.97 Å². The molecule has 0 unspecified atom stereocenters. The molecule has 0 atom stereocenters. The SMILES string of the molecule is CCNC(=O)c1cccc(N/C=C(\C#N)C(=O)OCC)c1. The van der Waals surface area contributed by atoms with E-state index in [0.29, 0.717) is 17.8 Å². The fraction of sp³-hybridized carbons (Fsp3) is 0.267. The number of nitrogens with one attached hydrogen (secondary N) is 2. The van der Waals surface area contributed by atoms with Crippen LogP contribution in [0.25, 0.3) is 0 Å². The summed E-state index contributed by atoms with van der Waals surface area (Å²) in [7, 11) is 0. The largest absolute Gasteiger partial charge is 0.462 e. The van der Waals surface area contributed by atoms with Gasteiger partial charge in [-0.2, -0.15) is 5.26 Å². The summed E-state index contributed by atoms with van der Waals surface area (Å²) in [5.74, 6) is -0.872. The molecule has 0 spiro atoms. The van der Waals surface area contributed by atoms with E-state index in [4.69, 9.17) is 10.00 Å². The molecule has 0 aromatic heterocycles. The standard InChI is InChI=1S/C15H17N3O3/c1-3-17-14(19)11-6-5-7-13(8-11)18-10-12(9-16)15(20)21-4-2/h5-8,10,18H,3-4H2,1-2H3,(H,17,19)/b12-10+. The minimum Gasteiger partial charge on any atom is -0.462 e. The summed E-state index contributed by atoms with van der Waals surface area (Å²) in [6, 6.07) is 8.49. The fourth-order valence-corrected chi connectivity index (χ4v) is 1.51. The Hall–Kier alpha value is -2.81. The molecule has 2 N–H and O–H groups in total. The summed E-state index contributed by atoms with van der Waals surface area (Å²) < 4.78 is 4.74. The molecule has 0 heterocycles. The van der Waals surface area contributed by atoms with Crippen molar-refractivity contribution in [1.82, 2.24) is 5.32 Å². The Morgan fingerprint density at radius 2 is 2.14 bits per heavy atom.